The van der Waals surface area contributed by atoms with E-state index in [0.29, 0.717) is 24.5 Å². The van der Waals surface area contributed by atoms with Crippen molar-refractivity contribution in [1.82, 2.24) is 15.1 Å². The average Bonchev–Trinajstić information content (AvgIpc) is 3.33. The van der Waals surface area contributed by atoms with Crippen molar-refractivity contribution in [1.29, 1.82) is 0 Å². The van der Waals surface area contributed by atoms with Crippen LogP contribution in [0.25, 0.3) is 0 Å². The number of likely N-dealkylation sites (N-methyl/N-ethyl adjacent to an activating group) is 1. The van der Waals surface area contributed by atoms with Crippen LogP contribution < -0.4 is 5.32 Å². The van der Waals surface area contributed by atoms with Crippen molar-refractivity contribution in [2.45, 2.75) is 70.0 Å². The van der Waals surface area contributed by atoms with Crippen molar-refractivity contribution >= 4 is 5.91 Å². The maximum Gasteiger partial charge on any atom is 0.236 e. The molecule has 1 N–H and O–H groups in total. The molecule has 1 amide bonds. The molecule has 0 spiro atoms. The predicted molar refractivity (Wildman–Crippen MR) is 80.6 cm³/mol. The van der Waals surface area contributed by atoms with E-state index in [-0.39, 0.29) is 0 Å². The lowest BCUT2D eigenvalue weighted by molar-refractivity contribution is -0.133. The number of piperidine rings is 1. The zero-order valence-electron chi connectivity index (χ0n) is 12.8. The quantitative estimate of drug-likeness (QED) is 0.769. The van der Waals surface area contributed by atoms with Gasteiger partial charge in [0, 0.05) is 31.2 Å². The maximum absolute atomic E-state index is 12.5. The Hall–Kier alpha value is -0.610. The molecular formula is C16H29N3O. The zero-order valence-corrected chi connectivity index (χ0v) is 12.8. The van der Waals surface area contributed by atoms with Crippen LogP contribution >= 0.6 is 0 Å². The highest BCUT2D eigenvalue weighted by Crippen LogP contribution is 2.27. The van der Waals surface area contributed by atoms with Crippen molar-refractivity contribution in [3.63, 3.8) is 0 Å². The molecule has 0 aromatic carbocycles. The van der Waals surface area contributed by atoms with Crippen LogP contribution in [0.2, 0.25) is 0 Å². The van der Waals surface area contributed by atoms with Crippen LogP contribution in [-0.4, -0.2) is 60.0 Å². The first-order valence-electron chi connectivity index (χ1n) is 8.55. The van der Waals surface area contributed by atoms with Gasteiger partial charge in [0.1, 0.15) is 0 Å². The second-order valence-electron chi connectivity index (χ2n) is 6.71. The molecule has 1 saturated heterocycles. The average molecular weight is 279 g/mol. The lowest BCUT2D eigenvalue weighted by Crippen LogP contribution is -2.50. The van der Waals surface area contributed by atoms with E-state index in [0.717, 1.165) is 25.7 Å². The molecule has 0 aromatic rings. The minimum absolute atomic E-state index is 0.355. The third kappa shape index (κ3) is 3.73. The fourth-order valence-corrected chi connectivity index (χ4v) is 3.38. The standard InChI is InChI=1S/C16H29N3O/c1-2-19(14-8-9-14)16(20)12-18-10-4-3-5-15(18)11-17-13-6-7-13/h13-15,17H,2-12H2,1H3. The Balaban J connectivity index is 1.50. The summed E-state index contributed by atoms with van der Waals surface area (Å²) in [5, 5.41) is 3.64. The van der Waals surface area contributed by atoms with E-state index in [9.17, 15) is 4.79 Å². The number of nitrogens with zero attached hydrogens (tertiary/aromatic N) is 2. The molecule has 3 fully saturated rings. The topological polar surface area (TPSA) is 35.6 Å². The number of likely N-dealkylation sites (tertiary alicyclic amines) is 1. The van der Waals surface area contributed by atoms with Gasteiger partial charge in [0.2, 0.25) is 5.91 Å². The van der Waals surface area contributed by atoms with Gasteiger partial charge in [-0.25, -0.2) is 0 Å². The van der Waals surface area contributed by atoms with Crippen LogP contribution in [0, 0.1) is 0 Å². The largest absolute Gasteiger partial charge is 0.339 e. The highest BCUT2D eigenvalue weighted by molar-refractivity contribution is 5.79. The molecule has 1 heterocycles. The van der Waals surface area contributed by atoms with Crippen molar-refractivity contribution in [2.24, 2.45) is 0 Å². The fourth-order valence-electron chi connectivity index (χ4n) is 3.38. The number of amides is 1. The number of hydrogen-bond acceptors (Lipinski definition) is 3. The van der Waals surface area contributed by atoms with E-state index in [2.05, 4.69) is 22.0 Å². The van der Waals surface area contributed by atoms with Gasteiger partial charge < -0.3 is 10.2 Å². The van der Waals surface area contributed by atoms with Crippen LogP contribution in [0.15, 0.2) is 0 Å². The molecule has 20 heavy (non-hydrogen) atoms. The molecule has 0 bridgehead atoms. The molecule has 4 nitrogen and oxygen atoms in total. The van der Waals surface area contributed by atoms with Gasteiger partial charge in [-0.15, -0.1) is 0 Å². The number of rotatable bonds is 7. The van der Waals surface area contributed by atoms with Gasteiger partial charge in [0.05, 0.1) is 6.54 Å². The first-order chi connectivity index (χ1) is 9.78. The summed E-state index contributed by atoms with van der Waals surface area (Å²) in [6.07, 6.45) is 8.94. The molecule has 2 aliphatic carbocycles. The summed E-state index contributed by atoms with van der Waals surface area (Å²) in [5.74, 6) is 0.355. The molecule has 4 heteroatoms. The van der Waals surface area contributed by atoms with E-state index >= 15 is 0 Å². The van der Waals surface area contributed by atoms with Crippen LogP contribution in [-0.2, 0) is 4.79 Å². The second kappa shape index (κ2) is 6.44. The van der Waals surface area contributed by atoms with E-state index in [4.69, 9.17) is 0 Å². The van der Waals surface area contributed by atoms with Crippen molar-refractivity contribution in [3.05, 3.63) is 0 Å². The third-order valence-corrected chi connectivity index (χ3v) is 4.96. The Morgan fingerprint density at radius 2 is 2.00 bits per heavy atom. The molecule has 1 aliphatic heterocycles. The molecule has 0 aromatic heterocycles. The zero-order chi connectivity index (χ0) is 13.9. The highest BCUT2D eigenvalue weighted by Gasteiger charge is 2.33. The molecule has 0 radical (unpaired) electrons. The first kappa shape index (κ1) is 14.3. The number of carbonyl (C=O) groups excluding carboxylic acids is 1. The predicted octanol–water partition coefficient (Wildman–Crippen LogP) is 1.60. The van der Waals surface area contributed by atoms with Gasteiger partial charge in [-0.05, 0) is 52.0 Å². The first-order valence-corrected chi connectivity index (χ1v) is 8.55. The highest BCUT2D eigenvalue weighted by atomic mass is 16.2. The molecule has 1 unspecified atom stereocenters. The Bertz CT molecular complexity index is 339. The SMILES string of the molecule is CCN(C(=O)CN1CCCCC1CNC1CC1)C1CC1. The van der Waals surface area contributed by atoms with E-state index in [1.165, 1.54) is 44.9 Å². The van der Waals surface area contributed by atoms with Crippen molar-refractivity contribution in [2.75, 3.05) is 26.2 Å². The number of hydrogen-bond donors (Lipinski definition) is 1. The van der Waals surface area contributed by atoms with Crippen LogP contribution in [0.5, 0.6) is 0 Å². The molecule has 1 atom stereocenters. The third-order valence-electron chi connectivity index (χ3n) is 4.96. The van der Waals surface area contributed by atoms with Crippen LogP contribution in [0.3, 0.4) is 0 Å². The molecule has 114 valence electrons. The van der Waals surface area contributed by atoms with E-state index in [1.807, 2.05) is 0 Å². The summed E-state index contributed by atoms with van der Waals surface area (Å²) in [7, 11) is 0. The van der Waals surface area contributed by atoms with Crippen LogP contribution in [0.4, 0.5) is 0 Å². The van der Waals surface area contributed by atoms with Gasteiger partial charge in [-0.1, -0.05) is 6.42 Å². The Kier molecular flexibility index (Phi) is 4.61. The molecular weight excluding hydrogens is 250 g/mol. The van der Waals surface area contributed by atoms with E-state index in [1.54, 1.807) is 0 Å². The molecule has 3 aliphatic rings. The summed E-state index contributed by atoms with van der Waals surface area (Å²) >= 11 is 0. The normalized spacial score (nSPS) is 27.6. The monoisotopic (exact) mass is 279 g/mol. The Morgan fingerprint density at radius 3 is 2.65 bits per heavy atom. The van der Waals surface area contributed by atoms with E-state index < -0.39 is 0 Å². The molecule has 3 rings (SSSR count). The summed E-state index contributed by atoms with van der Waals surface area (Å²) < 4.78 is 0. The van der Waals surface area contributed by atoms with Crippen molar-refractivity contribution < 1.29 is 4.79 Å². The smallest absolute Gasteiger partial charge is 0.236 e. The summed E-state index contributed by atoms with van der Waals surface area (Å²) in [5.41, 5.74) is 0. The lowest BCUT2D eigenvalue weighted by atomic mass is 10.0. The minimum Gasteiger partial charge on any atom is -0.339 e. The second-order valence-corrected chi connectivity index (χ2v) is 6.71. The molecule has 2 saturated carbocycles. The van der Waals surface area contributed by atoms with Gasteiger partial charge in [0.25, 0.3) is 0 Å². The fraction of sp³-hybridized carbons (Fsp3) is 0.938. The van der Waals surface area contributed by atoms with Crippen molar-refractivity contribution in [3.8, 4) is 0 Å². The van der Waals surface area contributed by atoms with Gasteiger partial charge in [0.15, 0.2) is 0 Å². The number of nitrogens with one attached hydrogen (secondary N) is 1. The minimum atomic E-state index is 0.355. The van der Waals surface area contributed by atoms with Gasteiger partial charge in [-0.3, -0.25) is 9.69 Å². The Morgan fingerprint density at radius 1 is 1.20 bits per heavy atom. The van der Waals surface area contributed by atoms with Crippen LogP contribution in [0.1, 0.15) is 51.9 Å². The summed E-state index contributed by atoms with van der Waals surface area (Å²) in [6, 6.07) is 1.90. The summed E-state index contributed by atoms with van der Waals surface area (Å²) in [6.45, 7) is 5.81. The lowest BCUT2D eigenvalue weighted by Gasteiger charge is -2.36. The Labute approximate surface area is 122 Å². The van der Waals surface area contributed by atoms with Gasteiger partial charge in [-0.2, -0.15) is 0 Å². The number of carbonyl (C=O) groups is 1. The van der Waals surface area contributed by atoms with Gasteiger partial charge >= 0.3 is 0 Å². The maximum atomic E-state index is 12.5. The summed E-state index contributed by atoms with van der Waals surface area (Å²) in [4.78, 5) is 17.0.